The van der Waals surface area contributed by atoms with Crippen LogP contribution in [0, 0.1) is 0 Å². The fourth-order valence-electron chi connectivity index (χ4n) is 1.86. The van der Waals surface area contributed by atoms with E-state index in [1.54, 1.807) is 23.9 Å². The molecule has 0 spiro atoms. The van der Waals surface area contributed by atoms with Gasteiger partial charge >= 0.3 is 151 Å². The summed E-state index contributed by atoms with van der Waals surface area (Å²) in [5, 5.41) is 1.04. The summed E-state index contributed by atoms with van der Waals surface area (Å²) < 4.78 is 18.3. The molecule has 0 N–H and O–H groups in total. The Morgan fingerprint density at radius 2 is 1.70 bits per heavy atom. The number of hydrogen-bond acceptors (Lipinski definition) is 5. The molecule has 0 aliphatic carbocycles. The molecule has 0 amide bonds. The summed E-state index contributed by atoms with van der Waals surface area (Å²) in [6.45, 7) is 2.71. The summed E-state index contributed by atoms with van der Waals surface area (Å²) in [5.41, 5.74) is -2.20. The molecule has 0 aliphatic heterocycles. The van der Waals surface area contributed by atoms with Gasteiger partial charge in [-0.25, -0.2) is 0 Å². The van der Waals surface area contributed by atoms with E-state index in [0.717, 1.165) is 11.1 Å². The number of hydrogen-bond donors (Lipinski definition) is 0. The molecule has 0 aromatic heterocycles. The molecule has 2 rings (SSSR count). The van der Waals surface area contributed by atoms with Crippen molar-refractivity contribution in [3.63, 3.8) is 0 Å². The third kappa shape index (κ3) is 5.09. The Morgan fingerprint density at radius 1 is 1.04 bits per heavy atom. The second-order valence-electron chi connectivity index (χ2n) is 4.47. The van der Waals surface area contributed by atoms with E-state index in [4.69, 9.17) is 24.8 Å². The maximum atomic E-state index is 6.06. The van der Waals surface area contributed by atoms with Crippen LogP contribution in [0.2, 0.25) is 0 Å². The van der Waals surface area contributed by atoms with Crippen LogP contribution < -0.4 is 14.4 Å². The first kappa shape index (κ1) is 19.0. The molecule has 2 atom stereocenters. The zero-order chi connectivity index (χ0) is 16.7. The summed E-state index contributed by atoms with van der Waals surface area (Å²) in [5.74, 6) is 0.818. The first-order valence-electron chi connectivity index (χ1n) is 7.11. The van der Waals surface area contributed by atoms with E-state index in [1.807, 2.05) is 49.4 Å². The molecule has 0 heterocycles. The van der Waals surface area contributed by atoms with E-state index in [2.05, 4.69) is 12.1 Å². The van der Waals surface area contributed by atoms with Gasteiger partial charge in [-0.2, -0.15) is 0 Å². The van der Waals surface area contributed by atoms with Crippen molar-refractivity contribution in [3.8, 4) is 5.75 Å². The number of benzene rings is 2. The Bertz CT molecular complexity index is 652. The fourth-order valence-corrected chi connectivity index (χ4v) is 20.4. The molecule has 0 saturated carbocycles. The molecule has 2 aromatic rings. The van der Waals surface area contributed by atoms with E-state index >= 15 is 0 Å². The van der Waals surface area contributed by atoms with E-state index < -0.39 is 19.3 Å². The normalized spacial score (nSPS) is 14.9. The van der Waals surface area contributed by atoms with Gasteiger partial charge in [0.1, 0.15) is 0 Å². The predicted molar refractivity (Wildman–Crippen MR) is 105 cm³/mol. The van der Waals surface area contributed by atoms with Crippen LogP contribution in [0.1, 0.15) is 6.92 Å². The van der Waals surface area contributed by atoms with Crippen molar-refractivity contribution in [1.29, 1.82) is 0 Å². The minimum absolute atomic E-state index is 0.684. The van der Waals surface area contributed by atoms with Crippen LogP contribution in [0.5, 0.6) is 5.75 Å². The molecule has 0 radical (unpaired) electrons. The van der Waals surface area contributed by atoms with Crippen molar-refractivity contribution in [3.05, 3.63) is 54.6 Å². The molecular formula is C16H20AsO3PS2. The third-order valence-electron chi connectivity index (χ3n) is 3.02. The zero-order valence-corrected chi connectivity index (χ0v) is 17.7. The van der Waals surface area contributed by atoms with Gasteiger partial charge in [0.25, 0.3) is 0 Å². The van der Waals surface area contributed by atoms with Crippen molar-refractivity contribution < 1.29 is 13.0 Å². The van der Waals surface area contributed by atoms with Gasteiger partial charge in [-0.3, -0.25) is 0 Å². The second-order valence-corrected chi connectivity index (χ2v) is 18.3. The van der Waals surface area contributed by atoms with Crippen LogP contribution in [0.4, 0.5) is 0 Å². The molecule has 0 bridgehead atoms. The zero-order valence-electron chi connectivity index (χ0n) is 13.3. The van der Waals surface area contributed by atoms with Crippen LogP contribution in [0.3, 0.4) is 0 Å². The topological polar surface area (TPSA) is 27.7 Å². The van der Waals surface area contributed by atoms with Gasteiger partial charge in [0.15, 0.2) is 0 Å². The van der Waals surface area contributed by atoms with Crippen molar-refractivity contribution >= 4 is 50.4 Å². The van der Waals surface area contributed by atoms with Crippen molar-refractivity contribution in [2.75, 3.05) is 20.8 Å². The standard InChI is InChI=1S/C16H20AsO3PS2/c1-4-20-17(14-8-6-5-7-9-14)23-21(22,19-3)16-12-10-15(18-2)11-13-16/h5-13H,4H2,1-3H3. The van der Waals surface area contributed by atoms with Crippen LogP contribution >= 0.6 is 15.1 Å². The Labute approximate surface area is 151 Å². The summed E-state index contributed by atoms with van der Waals surface area (Å²) in [7, 11) is 5.08. The second kappa shape index (κ2) is 9.27. The van der Waals surface area contributed by atoms with Gasteiger partial charge in [-0.15, -0.1) is 0 Å². The maximum absolute atomic E-state index is 6.06. The number of ether oxygens (including phenoxy) is 1. The van der Waals surface area contributed by atoms with Crippen molar-refractivity contribution in [2.45, 2.75) is 6.92 Å². The Hall–Kier alpha value is -0.282. The molecule has 23 heavy (non-hydrogen) atoms. The summed E-state index contributed by atoms with van der Waals surface area (Å²) >= 11 is 4.11. The van der Waals surface area contributed by atoms with E-state index in [1.165, 1.54) is 4.35 Å². The molecule has 2 aromatic carbocycles. The minimum atomic E-state index is -2.20. The van der Waals surface area contributed by atoms with Crippen molar-refractivity contribution in [1.82, 2.24) is 0 Å². The quantitative estimate of drug-likeness (QED) is 0.473. The summed E-state index contributed by atoms with van der Waals surface area (Å²) in [6, 6.07) is 18.2. The predicted octanol–water partition coefficient (Wildman–Crippen LogP) is 3.44. The van der Waals surface area contributed by atoms with Crippen LogP contribution in [0.15, 0.2) is 54.6 Å². The van der Waals surface area contributed by atoms with Crippen LogP contribution in [-0.4, -0.2) is 34.7 Å². The van der Waals surface area contributed by atoms with Gasteiger partial charge in [0.05, 0.1) is 0 Å². The van der Waals surface area contributed by atoms with Crippen molar-refractivity contribution in [2.24, 2.45) is 0 Å². The van der Waals surface area contributed by atoms with Gasteiger partial charge in [-0.1, -0.05) is 0 Å². The van der Waals surface area contributed by atoms with Gasteiger partial charge in [0.2, 0.25) is 0 Å². The first-order chi connectivity index (χ1) is 11.1. The molecule has 0 saturated heterocycles. The van der Waals surface area contributed by atoms with E-state index in [0.29, 0.717) is 6.61 Å². The molecule has 124 valence electrons. The van der Waals surface area contributed by atoms with Gasteiger partial charge < -0.3 is 0 Å². The van der Waals surface area contributed by atoms with E-state index in [-0.39, 0.29) is 0 Å². The SMILES string of the molecule is CCO[As](SP(=S)(OC)c1ccc(OC)cc1)c1ccccc1. The Kier molecular flexibility index (Phi) is 7.67. The molecule has 2 unspecified atom stereocenters. The van der Waals surface area contributed by atoms with E-state index in [9.17, 15) is 0 Å². The molecular weight excluding hydrogens is 410 g/mol. The average molecular weight is 430 g/mol. The van der Waals surface area contributed by atoms with Gasteiger partial charge in [-0.05, 0) is 0 Å². The molecule has 0 aliphatic rings. The average Bonchev–Trinajstić information content (AvgIpc) is 2.62. The molecule has 3 nitrogen and oxygen atoms in total. The number of rotatable bonds is 8. The Morgan fingerprint density at radius 3 is 2.22 bits per heavy atom. The molecule has 0 fully saturated rings. The fraction of sp³-hybridized carbons (Fsp3) is 0.250. The van der Waals surface area contributed by atoms with Gasteiger partial charge in [0, 0.05) is 0 Å². The number of methoxy groups -OCH3 is 1. The van der Waals surface area contributed by atoms with Crippen LogP contribution in [0.25, 0.3) is 0 Å². The van der Waals surface area contributed by atoms with Crippen LogP contribution in [-0.2, 0) is 20.1 Å². The molecule has 7 heteroatoms. The third-order valence-corrected chi connectivity index (χ3v) is 22.2. The monoisotopic (exact) mass is 430 g/mol. The summed E-state index contributed by atoms with van der Waals surface area (Å²) in [6.07, 6.45) is 0. The first-order valence-corrected chi connectivity index (χ1v) is 15.2. The Balaban J connectivity index is 2.28. The summed E-state index contributed by atoms with van der Waals surface area (Å²) in [4.78, 5) is 0.